The van der Waals surface area contributed by atoms with E-state index in [1.807, 2.05) is 0 Å². The molecule has 0 bridgehead atoms. The summed E-state index contributed by atoms with van der Waals surface area (Å²) in [5, 5.41) is 2.72. The third-order valence-electron chi connectivity index (χ3n) is 8.24. The van der Waals surface area contributed by atoms with Crippen molar-refractivity contribution in [3.63, 3.8) is 0 Å². The maximum atomic E-state index is 2.54. The zero-order valence-corrected chi connectivity index (χ0v) is 29.4. The fourth-order valence-electron chi connectivity index (χ4n) is 6.34. The Morgan fingerprint density at radius 1 is 0.650 bits per heavy atom. The summed E-state index contributed by atoms with van der Waals surface area (Å²) in [4.78, 5) is 0. The van der Waals surface area contributed by atoms with E-state index >= 15 is 0 Å². The van der Waals surface area contributed by atoms with Crippen LogP contribution < -0.4 is 14.4 Å². The van der Waals surface area contributed by atoms with Gasteiger partial charge in [0.05, 0.1) is 0 Å². The van der Waals surface area contributed by atoms with Crippen molar-refractivity contribution in [2.24, 2.45) is 7.05 Å². The fraction of sp³-hybridized carbons (Fsp3) is 0.289. The molecule has 0 spiro atoms. The van der Waals surface area contributed by atoms with Gasteiger partial charge >= 0.3 is 251 Å². The molecule has 40 heavy (non-hydrogen) atoms. The molecule has 1 aromatic heterocycles. The summed E-state index contributed by atoms with van der Waals surface area (Å²) in [7, 11) is 2.20. The number of benzene rings is 4. The second-order valence-electron chi connectivity index (χ2n) is 12.6. The van der Waals surface area contributed by atoms with E-state index < -0.39 is 21.8 Å². The van der Waals surface area contributed by atoms with Crippen LogP contribution in [0.5, 0.6) is 0 Å². The average Bonchev–Trinajstić information content (AvgIpc) is 2.87. The van der Waals surface area contributed by atoms with E-state index in [1.165, 1.54) is 64.2 Å². The summed E-state index contributed by atoms with van der Waals surface area (Å²) < 4.78 is 7.07. The first-order chi connectivity index (χ1) is 18.9. The number of hydrogen-bond donors (Lipinski definition) is 0. The third-order valence-corrected chi connectivity index (χ3v) is 19.6. The van der Waals surface area contributed by atoms with Gasteiger partial charge in [0.25, 0.3) is 0 Å². The molecule has 5 rings (SSSR count). The van der Waals surface area contributed by atoms with Crippen LogP contribution in [0.1, 0.15) is 59.7 Å². The van der Waals surface area contributed by atoms with Crippen molar-refractivity contribution in [1.29, 1.82) is 0 Å². The van der Waals surface area contributed by atoms with Crippen LogP contribution in [0.15, 0.2) is 79.0 Å². The molecule has 0 amide bonds. The van der Waals surface area contributed by atoms with Crippen molar-refractivity contribution < 1.29 is 4.57 Å². The zero-order chi connectivity index (χ0) is 28.9. The van der Waals surface area contributed by atoms with Gasteiger partial charge < -0.3 is 0 Å². The van der Waals surface area contributed by atoms with Gasteiger partial charge in [-0.3, -0.25) is 0 Å². The van der Waals surface area contributed by atoms with Crippen LogP contribution in [0.3, 0.4) is 0 Å². The van der Waals surface area contributed by atoms with Crippen LogP contribution in [-0.2, 0) is 12.5 Å². The SMILES string of the molecule is Cc1cc[c]([Bi]([c]2cc[n+](C)c(-c3cc(C(C)(C)C)c4ccccc4c3C)c2)[c]2c(C)cc(C)cc2C)c(C)c1. The van der Waals surface area contributed by atoms with E-state index in [4.69, 9.17) is 0 Å². The normalized spacial score (nSPS) is 12.0. The van der Waals surface area contributed by atoms with Crippen molar-refractivity contribution >= 4 is 42.3 Å². The monoisotopic (exact) mass is 722 g/mol. The Kier molecular flexibility index (Phi) is 7.79. The molecule has 0 aliphatic heterocycles. The number of hydrogen-bond acceptors (Lipinski definition) is 0. The molecule has 5 aromatic rings. The molecule has 204 valence electrons. The number of rotatable bonds is 4. The molecule has 1 nitrogen and oxygen atoms in total. The third kappa shape index (κ3) is 5.28. The van der Waals surface area contributed by atoms with E-state index in [0.717, 1.165) is 0 Å². The summed E-state index contributed by atoms with van der Waals surface area (Å²) in [5.41, 5.74) is 12.5. The van der Waals surface area contributed by atoms with Crippen molar-refractivity contribution in [2.75, 3.05) is 0 Å². The van der Waals surface area contributed by atoms with Gasteiger partial charge in [-0.1, -0.05) is 0 Å². The predicted molar refractivity (Wildman–Crippen MR) is 175 cm³/mol. The van der Waals surface area contributed by atoms with Crippen LogP contribution in [0, 0.1) is 41.5 Å². The molecule has 0 aliphatic carbocycles. The summed E-state index contributed by atoms with van der Waals surface area (Å²) >= 11 is -2.66. The Hall–Kier alpha value is -2.83. The van der Waals surface area contributed by atoms with E-state index in [-0.39, 0.29) is 5.41 Å². The molecule has 0 N–H and O–H groups in total. The Morgan fingerprint density at radius 2 is 1.27 bits per heavy atom. The second kappa shape index (κ2) is 10.9. The van der Waals surface area contributed by atoms with Crippen LogP contribution in [0.2, 0.25) is 0 Å². The van der Waals surface area contributed by atoms with Gasteiger partial charge in [-0.05, 0) is 0 Å². The van der Waals surface area contributed by atoms with E-state index in [0.29, 0.717) is 0 Å². The first kappa shape index (κ1) is 28.7. The number of aromatic nitrogens is 1. The molecule has 1 heterocycles. The van der Waals surface area contributed by atoms with Crippen LogP contribution in [0.4, 0.5) is 0 Å². The quantitative estimate of drug-likeness (QED) is 0.139. The van der Waals surface area contributed by atoms with Crippen LogP contribution in [0.25, 0.3) is 22.0 Å². The minimum absolute atomic E-state index is 0.0503. The molecule has 0 saturated heterocycles. The molecule has 4 aromatic carbocycles. The molecule has 0 radical (unpaired) electrons. The Morgan fingerprint density at radius 3 is 1.90 bits per heavy atom. The molecule has 0 saturated carbocycles. The number of nitrogens with zero attached hydrogens (tertiary/aromatic N) is 1. The Balaban J connectivity index is 1.81. The van der Waals surface area contributed by atoms with Crippen molar-refractivity contribution in [3.8, 4) is 11.3 Å². The zero-order valence-electron chi connectivity index (χ0n) is 25.9. The Labute approximate surface area is 249 Å². The molecule has 2 heteroatoms. The second-order valence-corrected chi connectivity index (χ2v) is 20.9. The summed E-state index contributed by atoms with van der Waals surface area (Å²) in [6, 6.07) is 28.3. The van der Waals surface area contributed by atoms with Crippen molar-refractivity contribution in [2.45, 2.75) is 67.7 Å². The van der Waals surface area contributed by atoms with Crippen molar-refractivity contribution in [3.05, 3.63) is 118 Å². The number of fused-ring (bicyclic) bond motifs is 1. The van der Waals surface area contributed by atoms with E-state index in [9.17, 15) is 0 Å². The van der Waals surface area contributed by atoms with Gasteiger partial charge in [-0.25, -0.2) is 0 Å². The van der Waals surface area contributed by atoms with Gasteiger partial charge in [0.1, 0.15) is 0 Å². The molecule has 0 aliphatic rings. The van der Waals surface area contributed by atoms with Crippen molar-refractivity contribution in [1.82, 2.24) is 0 Å². The summed E-state index contributed by atoms with van der Waals surface area (Å²) in [6.45, 7) is 20.7. The van der Waals surface area contributed by atoms with Gasteiger partial charge in [0, 0.05) is 0 Å². The Bertz CT molecular complexity index is 1730. The number of pyridine rings is 1. The maximum absolute atomic E-state index is 2.66. The van der Waals surface area contributed by atoms with E-state index in [1.54, 1.807) is 6.54 Å². The topological polar surface area (TPSA) is 3.88 Å². The van der Waals surface area contributed by atoms with Crippen LogP contribution >= 0.6 is 0 Å². The first-order valence-electron chi connectivity index (χ1n) is 14.3. The predicted octanol–water partition coefficient (Wildman–Crippen LogP) is 7.00. The van der Waals surface area contributed by atoms with Crippen LogP contribution in [-0.4, -0.2) is 21.8 Å². The standard InChI is InChI=1S/C21H23N.C9H11.C8H9.Bi/c1-15-16-10-6-7-11-17(16)19(21(2,3)4)14-18(15)20-12-8-9-13-22(20)5;1-7-4-8(2)6-9(3)5-7;1-7-4-3-5-8(2)6-7;/h6-7,9-14H,1-5H3;4-5H,1-3H3;3-4,6H,1-2H3;/q+1;;;. The summed E-state index contributed by atoms with van der Waals surface area (Å²) in [6.07, 6.45) is 2.31. The number of aryl methyl sites for hydroxylation is 7. The molecule has 0 unspecified atom stereocenters. The van der Waals surface area contributed by atoms with Gasteiger partial charge in [-0.2, -0.15) is 0 Å². The molecule has 0 fully saturated rings. The molecular weight excluding hydrogens is 679 g/mol. The van der Waals surface area contributed by atoms with Gasteiger partial charge in [-0.15, -0.1) is 0 Å². The first-order valence-corrected chi connectivity index (χ1v) is 19.6. The summed E-state index contributed by atoms with van der Waals surface area (Å²) in [5.74, 6) is 0. The van der Waals surface area contributed by atoms with E-state index in [2.05, 4.69) is 153 Å². The average molecular weight is 723 g/mol. The molecule has 0 atom stereocenters. The van der Waals surface area contributed by atoms with Gasteiger partial charge in [0.15, 0.2) is 0 Å². The van der Waals surface area contributed by atoms with Gasteiger partial charge in [0.2, 0.25) is 0 Å². The fourth-order valence-corrected chi connectivity index (χ4v) is 16.9. The molecular formula is C38H43BiN+. The minimum atomic E-state index is -2.66.